The Bertz CT molecular complexity index is 1220. The Labute approximate surface area is 257 Å². The van der Waals surface area contributed by atoms with Crippen LogP contribution in [0.15, 0.2) is 36.4 Å². The Morgan fingerprint density at radius 2 is 1.70 bits per heavy atom. The number of carbonyl (C=O) groups is 3. The summed E-state index contributed by atoms with van der Waals surface area (Å²) in [6.45, 7) is 12.0. The number of nitrogens with zero attached hydrogens (tertiary/aromatic N) is 2. The van der Waals surface area contributed by atoms with Crippen LogP contribution in [0.25, 0.3) is 0 Å². The van der Waals surface area contributed by atoms with Gasteiger partial charge in [0, 0.05) is 24.8 Å². The SMILES string of the molecule is CC(C)c1ccc(NC(=O)[C@H]2[C@H]3C=C[C@@]4(O3)[C@H]2C(=O)N(CCN2CCCCCC2)[C@@H]4C(=O)N[C@@H]2CCC[C@H](C)[C@H]2C)cc1. The van der Waals surface area contributed by atoms with Gasteiger partial charge in [-0.1, -0.05) is 77.7 Å². The zero-order valence-electron chi connectivity index (χ0n) is 26.4. The summed E-state index contributed by atoms with van der Waals surface area (Å²) in [5.41, 5.74) is 0.774. The van der Waals surface area contributed by atoms with E-state index in [-0.39, 0.29) is 23.8 Å². The van der Waals surface area contributed by atoms with Gasteiger partial charge in [0.2, 0.25) is 17.7 Å². The van der Waals surface area contributed by atoms with Crippen LogP contribution >= 0.6 is 0 Å². The largest absolute Gasteiger partial charge is 0.359 e. The van der Waals surface area contributed by atoms with Gasteiger partial charge in [-0.15, -0.1) is 0 Å². The first-order valence-electron chi connectivity index (χ1n) is 16.8. The van der Waals surface area contributed by atoms with Crippen LogP contribution in [-0.4, -0.2) is 77.5 Å². The molecule has 1 aromatic carbocycles. The number of amides is 3. The number of likely N-dealkylation sites (tertiary alicyclic amines) is 2. The fourth-order valence-electron chi connectivity index (χ4n) is 8.34. The molecule has 6 rings (SSSR count). The molecule has 4 aliphatic heterocycles. The third-order valence-corrected chi connectivity index (χ3v) is 11.2. The van der Waals surface area contributed by atoms with Crippen molar-refractivity contribution in [1.29, 1.82) is 0 Å². The molecular weight excluding hydrogens is 540 g/mol. The predicted octanol–water partition coefficient (Wildman–Crippen LogP) is 4.72. The van der Waals surface area contributed by atoms with E-state index >= 15 is 0 Å². The number of nitrogens with one attached hydrogen (secondary N) is 2. The monoisotopic (exact) mass is 590 g/mol. The van der Waals surface area contributed by atoms with E-state index in [1.165, 1.54) is 24.8 Å². The van der Waals surface area contributed by atoms with Crippen LogP contribution in [0, 0.1) is 23.7 Å². The average Bonchev–Trinajstić information content (AvgIpc) is 3.53. The standard InChI is InChI=1S/C35H50N4O4/c1-22(2)25-12-14-26(15-13-25)36-32(40)29-28-16-17-35(43-28)30(29)34(42)39(21-20-38-18-7-5-6-8-19-38)31(35)33(41)37-27-11-9-10-23(3)24(27)4/h12-17,22-24,27-31H,5-11,18-21H2,1-4H3,(H,36,40)(H,37,41)/t23-,24+,27+,28+,29-,30+,31+,35+/m0/s1. The van der Waals surface area contributed by atoms with E-state index in [0.29, 0.717) is 30.0 Å². The summed E-state index contributed by atoms with van der Waals surface area (Å²) < 4.78 is 6.58. The molecular formula is C35H50N4O4. The molecule has 3 saturated heterocycles. The maximum absolute atomic E-state index is 14.4. The molecule has 1 saturated carbocycles. The molecule has 1 aromatic rings. The maximum Gasteiger partial charge on any atom is 0.246 e. The minimum Gasteiger partial charge on any atom is -0.359 e. The van der Waals surface area contributed by atoms with Crippen LogP contribution in [0.2, 0.25) is 0 Å². The molecule has 2 bridgehead atoms. The number of fused-ring (bicyclic) bond motifs is 1. The lowest BCUT2D eigenvalue weighted by Crippen LogP contribution is -2.58. The number of anilines is 1. The summed E-state index contributed by atoms with van der Waals surface area (Å²) in [4.78, 5) is 46.6. The van der Waals surface area contributed by atoms with Crippen LogP contribution in [-0.2, 0) is 19.1 Å². The van der Waals surface area contributed by atoms with Crippen molar-refractivity contribution in [2.45, 2.75) is 102 Å². The molecule has 3 amide bonds. The summed E-state index contributed by atoms with van der Waals surface area (Å²) in [6.07, 6.45) is 11.3. The Morgan fingerprint density at radius 1 is 0.977 bits per heavy atom. The maximum atomic E-state index is 14.4. The van der Waals surface area contributed by atoms with Crippen molar-refractivity contribution >= 4 is 23.4 Å². The van der Waals surface area contributed by atoms with E-state index in [1.54, 1.807) is 4.90 Å². The number of hydrogen-bond acceptors (Lipinski definition) is 5. The molecule has 8 heteroatoms. The second kappa shape index (κ2) is 12.4. The minimum atomic E-state index is -1.13. The fraction of sp³-hybridized carbons (Fsp3) is 0.686. The van der Waals surface area contributed by atoms with Crippen LogP contribution < -0.4 is 10.6 Å². The van der Waals surface area contributed by atoms with Gasteiger partial charge in [0.1, 0.15) is 11.6 Å². The Morgan fingerprint density at radius 3 is 2.40 bits per heavy atom. The molecule has 4 heterocycles. The molecule has 0 radical (unpaired) electrons. The summed E-state index contributed by atoms with van der Waals surface area (Å²) >= 11 is 0. The highest BCUT2D eigenvalue weighted by molar-refractivity contribution is 6.02. The van der Waals surface area contributed by atoms with Gasteiger partial charge >= 0.3 is 0 Å². The summed E-state index contributed by atoms with van der Waals surface area (Å²) in [5, 5.41) is 6.43. The van der Waals surface area contributed by atoms with Gasteiger partial charge < -0.3 is 25.2 Å². The van der Waals surface area contributed by atoms with E-state index in [9.17, 15) is 14.4 Å². The van der Waals surface area contributed by atoms with Gasteiger partial charge in [-0.2, -0.15) is 0 Å². The third-order valence-electron chi connectivity index (χ3n) is 11.2. The van der Waals surface area contributed by atoms with Crippen LogP contribution in [0.5, 0.6) is 0 Å². The molecule has 234 valence electrons. The number of hydrogen-bond donors (Lipinski definition) is 2. The number of benzene rings is 1. The van der Waals surface area contributed by atoms with E-state index in [2.05, 4.69) is 43.2 Å². The van der Waals surface area contributed by atoms with Gasteiger partial charge in [-0.3, -0.25) is 14.4 Å². The van der Waals surface area contributed by atoms with Gasteiger partial charge in [0.15, 0.2) is 0 Å². The molecule has 8 atom stereocenters. The highest BCUT2D eigenvalue weighted by Crippen LogP contribution is 2.55. The van der Waals surface area contributed by atoms with Crippen LogP contribution in [0.3, 0.4) is 0 Å². The van der Waals surface area contributed by atoms with Gasteiger partial charge in [-0.25, -0.2) is 0 Å². The molecule has 8 nitrogen and oxygen atoms in total. The van der Waals surface area contributed by atoms with Crippen LogP contribution in [0.1, 0.15) is 84.1 Å². The van der Waals surface area contributed by atoms with E-state index in [4.69, 9.17) is 4.74 Å². The second-order valence-electron chi connectivity index (χ2n) is 14.1. The second-order valence-corrected chi connectivity index (χ2v) is 14.1. The summed E-state index contributed by atoms with van der Waals surface area (Å²) in [6, 6.07) is 7.17. The summed E-state index contributed by atoms with van der Waals surface area (Å²) in [5.74, 6) is -0.617. The molecule has 1 spiro atoms. The van der Waals surface area contributed by atoms with Crippen molar-refractivity contribution in [2.24, 2.45) is 23.7 Å². The lowest BCUT2D eigenvalue weighted by atomic mass is 9.73. The van der Waals surface area contributed by atoms with Crippen molar-refractivity contribution in [2.75, 3.05) is 31.5 Å². The Balaban J connectivity index is 1.25. The molecule has 4 fully saturated rings. The highest BCUT2D eigenvalue weighted by Gasteiger charge is 2.72. The van der Waals surface area contributed by atoms with E-state index in [1.807, 2.05) is 36.4 Å². The van der Waals surface area contributed by atoms with Gasteiger partial charge in [-0.05, 0) is 67.8 Å². The highest BCUT2D eigenvalue weighted by atomic mass is 16.5. The van der Waals surface area contributed by atoms with Crippen molar-refractivity contribution in [3.05, 3.63) is 42.0 Å². The lowest BCUT2D eigenvalue weighted by Gasteiger charge is -2.38. The normalized spacial score (nSPS) is 35.7. The van der Waals surface area contributed by atoms with E-state index in [0.717, 1.165) is 45.3 Å². The average molecular weight is 591 g/mol. The topological polar surface area (TPSA) is 91.0 Å². The quantitative estimate of drug-likeness (QED) is 0.428. The van der Waals surface area contributed by atoms with E-state index < -0.39 is 29.6 Å². The third kappa shape index (κ3) is 5.66. The first-order chi connectivity index (χ1) is 20.7. The minimum absolute atomic E-state index is 0.0738. The first-order valence-corrected chi connectivity index (χ1v) is 16.8. The molecule has 1 aliphatic carbocycles. The predicted molar refractivity (Wildman–Crippen MR) is 167 cm³/mol. The lowest BCUT2D eigenvalue weighted by molar-refractivity contribution is -0.141. The number of carbonyl (C=O) groups excluding carboxylic acids is 3. The van der Waals surface area contributed by atoms with Crippen LogP contribution in [0.4, 0.5) is 5.69 Å². The van der Waals surface area contributed by atoms with Gasteiger partial charge in [0.25, 0.3) is 0 Å². The number of ether oxygens (including phenoxy) is 1. The van der Waals surface area contributed by atoms with Gasteiger partial charge in [0.05, 0.1) is 17.9 Å². The Hall–Kier alpha value is -2.71. The molecule has 2 N–H and O–H groups in total. The Kier molecular flexibility index (Phi) is 8.71. The zero-order chi connectivity index (χ0) is 30.3. The molecule has 5 aliphatic rings. The molecule has 43 heavy (non-hydrogen) atoms. The van der Waals surface area contributed by atoms with Crippen molar-refractivity contribution in [3.8, 4) is 0 Å². The first kappa shape index (κ1) is 30.3. The molecule has 0 unspecified atom stereocenters. The smallest absolute Gasteiger partial charge is 0.246 e. The molecule has 0 aromatic heterocycles. The number of rotatable bonds is 8. The zero-order valence-corrected chi connectivity index (χ0v) is 26.4. The fourth-order valence-corrected chi connectivity index (χ4v) is 8.34. The van der Waals surface area contributed by atoms with Crippen molar-refractivity contribution < 1.29 is 19.1 Å². The summed E-state index contributed by atoms with van der Waals surface area (Å²) in [7, 11) is 0. The van der Waals surface area contributed by atoms with Crippen molar-refractivity contribution in [3.63, 3.8) is 0 Å². The van der Waals surface area contributed by atoms with Crippen molar-refractivity contribution in [1.82, 2.24) is 15.1 Å².